The number of imidazole rings is 1. The molecule has 9 heteroatoms. The number of carbonyl (C=O) groups excluding carboxylic acids is 1. The summed E-state index contributed by atoms with van der Waals surface area (Å²) in [6.45, 7) is 2.80. The molecule has 3 aliphatic rings. The average molecular weight is 513 g/mol. The molecule has 0 bridgehead atoms. The Morgan fingerprint density at radius 3 is 2.49 bits per heavy atom. The number of hydrogen-bond acceptors (Lipinski definition) is 4. The maximum atomic E-state index is 13.5. The summed E-state index contributed by atoms with van der Waals surface area (Å²) in [5.74, 6) is 0.839. The predicted octanol–water partition coefficient (Wildman–Crippen LogP) is 5.37. The summed E-state index contributed by atoms with van der Waals surface area (Å²) >= 11 is 0. The van der Waals surface area contributed by atoms with Gasteiger partial charge in [-0.15, -0.1) is 0 Å². The molecule has 2 aromatic heterocycles. The Bertz CT molecular complexity index is 1270. The maximum Gasteiger partial charge on any atom is 0.416 e. The van der Waals surface area contributed by atoms with Gasteiger partial charge in [-0.25, -0.2) is 9.50 Å². The first-order valence-corrected chi connectivity index (χ1v) is 13.2. The highest BCUT2D eigenvalue weighted by atomic mass is 19.4. The van der Waals surface area contributed by atoms with Crippen molar-refractivity contribution >= 4 is 11.6 Å². The molecule has 37 heavy (non-hydrogen) atoms. The van der Waals surface area contributed by atoms with Gasteiger partial charge in [-0.2, -0.15) is 18.3 Å². The van der Waals surface area contributed by atoms with E-state index in [0.717, 1.165) is 44.6 Å². The van der Waals surface area contributed by atoms with Crippen molar-refractivity contribution in [2.75, 3.05) is 26.3 Å². The molecule has 2 saturated heterocycles. The van der Waals surface area contributed by atoms with Crippen molar-refractivity contribution < 1.29 is 22.7 Å². The fraction of sp³-hybridized carbons (Fsp3) is 0.536. The minimum atomic E-state index is -4.35. The molecule has 2 aliphatic heterocycles. The molecular formula is C28H31F3N4O2. The molecule has 0 N–H and O–H groups in total. The fourth-order valence-corrected chi connectivity index (χ4v) is 6.54. The highest BCUT2D eigenvalue weighted by Gasteiger charge is 2.45. The lowest BCUT2D eigenvalue weighted by atomic mass is 9.91. The predicted molar refractivity (Wildman–Crippen MR) is 131 cm³/mol. The Labute approximate surface area is 213 Å². The number of fused-ring (bicyclic) bond motifs is 2. The van der Waals surface area contributed by atoms with E-state index in [-0.39, 0.29) is 23.7 Å². The van der Waals surface area contributed by atoms with Gasteiger partial charge in [0, 0.05) is 26.3 Å². The molecule has 1 aromatic carbocycles. The molecule has 0 spiro atoms. The van der Waals surface area contributed by atoms with E-state index in [9.17, 15) is 18.0 Å². The number of likely N-dealkylation sites (tertiary alicyclic amines) is 1. The largest absolute Gasteiger partial charge is 0.416 e. The molecule has 1 unspecified atom stereocenters. The van der Waals surface area contributed by atoms with E-state index in [0.29, 0.717) is 48.8 Å². The van der Waals surface area contributed by atoms with Gasteiger partial charge in [0.25, 0.3) is 5.91 Å². The van der Waals surface area contributed by atoms with Crippen LogP contribution in [-0.4, -0.2) is 51.7 Å². The standard InChI is InChI=1S/C28H31F3N4O2/c29-28(30,31)24-4-2-1-3-23(24)19-13-20-15-34(16-21(20)14-19)27(36)25-17-35-26(32-25)8-7-22(33-35)6-5-18-9-11-37-12-10-18/h1-4,7-8,17-21H,5-6,9-16H2/t19?,20-,21+. The Morgan fingerprint density at radius 1 is 1.03 bits per heavy atom. The number of benzene rings is 1. The van der Waals surface area contributed by atoms with Crippen molar-refractivity contribution in [1.82, 2.24) is 19.5 Å². The van der Waals surface area contributed by atoms with E-state index >= 15 is 0 Å². The molecule has 1 aliphatic carbocycles. The normalized spacial score (nSPS) is 24.6. The van der Waals surface area contributed by atoms with Crippen LogP contribution < -0.4 is 0 Å². The van der Waals surface area contributed by atoms with Crippen LogP contribution in [0.2, 0.25) is 0 Å². The van der Waals surface area contributed by atoms with E-state index < -0.39 is 11.7 Å². The third-order valence-electron chi connectivity index (χ3n) is 8.49. The molecule has 1 amide bonds. The second-order valence-electron chi connectivity index (χ2n) is 10.8. The van der Waals surface area contributed by atoms with Crippen molar-refractivity contribution in [2.45, 2.75) is 50.6 Å². The molecule has 6 nitrogen and oxygen atoms in total. The summed E-state index contributed by atoms with van der Waals surface area (Å²) in [4.78, 5) is 19.6. The van der Waals surface area contributed by atoms with Crippen molar-refractivity contribution in [3.63, 3.8) is 0 Å². The van der Waals surface area contributed by atoms with Gasteiger partial charge in [0.2, 0.25) is 0 Å². The Hall–Kier alpha value is -2.94. The van der Waals surface area contributed by atoms with Crippen molar-refractivity contribution in [3.8, 4) is 0 Å². The molecule has 3 atom stereocenters. The SMILES string of the molecule is O=C(c1cn2nc(CCC3CCOCC3)ccc2n1)N1C[C@H]2CC(c3ccccc3C(F)(F)F)C[C@H]2C1. The van der Waals surface area contributed by atoms with Crippen LogP contribution in [0.1, 0.15) is 65.3 Å². The van der Waals surface area contributed by atoms with Gasteiger partial charge in [0.05, 0.1) is 17.5 Å². The molecular weight excluding hydrogens is 481 g/mol. The number of amides is 1. The number of aryl methyl sites for hydroxylation is 1. The van der Waals surface area contributed by atoms with Gasteiger partial charge in [0.1, 0.15) is 5.69 Å². The zero-order chi connectivity index (χ0) is 25.6. The van der Waals surface area contributed by atoms with Gasteiger partial charge in [0.15, 0.2) is 5.65 Å². The molecule has 196 valence electrons. The minimum Gasteiger partial charge on any atom is -0.381 e. The summed E-state index contributed by atoms with van der Waals surface area (Å²) in [5.41, 5.74) is 1.85. The highest BCUT2D eigenvalue weighted by molar-refractivity contribution is 5.93. The van der Waals surface area contributed by atoms with Crippen LogP contribution in [-0.2, 0) is 17.3 Å². The minimum absolute atomic E-state index is 0.121. The quantitative estimate of drug-likeness (QED) is 0.461. The number of nitrogens with zero attached hydrogens (tertiary/aromatic N) is 4. The van der Waals surface area contributed by atoms with E-state index in [1.54, 1.807) is 22.8 Å². The molecule has 1 saturated carbocycles. The van der Waals surface area contributed by atoms with Gasteiger partial charge in [-0.3, -0.25) is 4.79 Å². The van der Waals surface area contributed by atoms with Crippen molar-refractivity contribution in [2.24, 2.45) is 17.8 Å². The summed E-state index contributed by atoms with van der Waals surface area (Å²) < 4.78 is 47.7. The van der Waals surface area contributed by atoms with Gasteiger partial charge >= 0.3 is 6.18 Å². The smallest absolute Gasteiger partial charge is 0.381 e. The third-order valence-corrected chi connectivity index (χ3v) is 8.49. The van der Waals surface area contributed by atoms with Crippen LogP contribution in [0.4, 0.5) is 13.2 Å². The number of rotatable bonds is 5. The number of alkyl halides is 3. The molecule has 6 rings (SSSR count). The topological polar surface area (TPSA) is 59.7 Å². The Morgan fingerprint density at radius 2 is 1.76 bits per heavy atom. The van der Waals surface area contributed by atoms with Gasteiger partial charge in [-0.1, -0.05) is 18.2 Å². The second kappa shape index (κ2) is 9.74. The van der Waals surface area contributed by atoms with Crippen molar-refractivity contribution in [3.05, 3.63) is 65.1 Å². The van der Waals surface area contributed by atoms with E-state index in [1.807, 2.05) is 17.0 Å². The summed E-state index contributed by atoms with van der Waals surface area (Å²) in [6.07, 6.45) is 2.85. The summed E-state index contributed by atoms with van der Waals surface area (Å²) in [7, 11) is 0. The van der Waals surface area contributed by atoms with Crippen LogP contribution in [0.15, 0.2) is 42.6 Å². The molecule has 3 aromatic rings. The monoisotopic (exact) mass is 512 g/mol. The number of hydrogen-bond donors (Lipinski definition) is 0. The lowest BCUT2D eigenvalue weighted by Crippen LogP contribution is -2.30. The number of aromatic nitrogens is 3. The number of halogens is 3. The molecule has 4 heterocycles. The fourth-order valence-electron chi connectivity index (χ4n) is 6.54. The van der Waals surface area contributed by atoms with Crippen LogP contribution >= 0.6 is 0 Å². The zero-order valence-electron chi connectivity index (χ0n) is 20.7. The van der Waals surface area contributed by atoms with Gasteiger partial charge < -0.3 is 9.64 Å². The molecule has 3 fully saturated rings. The number of ether oxygens (including phenoxy) is 1. The Kier molecular flexibility index (Phi) is 6.42. The van der Waals surface area contributed by atoms with Crippen LogP contribution in [0.5, 0.6) is 0 Å². The van der Waals surface area contributed by atoms with Crippen LogP contribution in [0.3, 0.4) is 0 Å². The first-order chi connectivity index (χ1) is 17.8. The lowest BCUT2D eigenvalue weighted by Gasteiger charge is -2.21. The van der Waals surface area contributed by atoms with Gasteiger partial charge in [-0.05, 0) is 86.0 Å². The van der Waals surface area contributed by atoms with Crippen LogP contribution in [0.25, 0.3) is 5.65 Å². The van der Waals surface area contributed by atoms with E-state index in [1.165, 1.54) is 12.1 Å². The lowest BCUT2D eigenvalue weighted by molar-refractivity contribution is -0.138. The van der Waals surface area contributed by atoms with Crippen LogP contribution in [0, 0.1) is 17.8 Å². The van der Waals surface area contributed by atoms with Crippen molar-refractivity contribution in [1.29, 1.82) is 0 Å². The average Bonchev–Trinajstić information content (AvgIpc) is 3.60. The van der Waals surface area contributed by atoms with E-state index in [4.69, 9.17) is 4.74 Å². The summed E-state index contributed by atoms with van der Waals surface area (Å²) in [6, 6.07) is 9.80. The molecule has 0 radical (unpaired) electrons. The maximum absolute atomic E-state index is 13.5. The third kappa shape index (κ3) is 4.98. The first-order valence-electron chi connectivity index (χ1n) is 13.2. The first kappa shape index (κ1) is 24.4. The summed E-state index contributed by atoms with van der Waals surface area (Å²) in [5, 5.41) is 4.68. The second-order valence-corrected chi connectivity index (χ2v) is 10.8. The Balaban J connectivity index is 1.09. The number of carbonyl (C=O) groups is 1. The highest BCUT2D eigenvalue weighted by Crippen LogP contribution is 2.49. The van der Waals surface area contributed by atoms with E-state index in [2.05, 4.69) is 10.1 Å². The zero-order valence-corrected chi connectivity index (χ0v) is 20.7.